The molecule has 3 nitrogen and oxygen atoms in total. The molecule has 0 saturated carbocycles. The lowest BCUT2D eigenvalue weighted by atomic mass is 10.1. The largest absolute Gasteiger partial charge is 0.494 e. The molecule has 0 radical (unpaired) electrons. The Bertz CT molecular complexity index is 463. The molecule has 0 N–H and O–H groups in total. The van der Waals surface area contributed by atoms with E-state index >= 15 is 0 Å². The van der Waals surface area contributed by atoms with Gasteiger partial charge in [0.2, 0.25) is 9.05 Å². The third-order valence-corrected chi connectivity index (χ3v) is 3.74. The fourth-order valence-corrected chi connectivity index (χ4v) is 2.64. The van der Waals surface area contributed by atoms with Gasteiger partial charge in [-0.25, -0.2) is 8.42 Å². The molecule has 0 fully saturated rings. The van der Waals surface area contributed by atoms with Gasteiger partial charge in [0.1, 0.15) is 5.75 Å². The molecule has 1 aromatic rings. The van der Waals surface area contributed by atoms with Crippen molar-refractivity contribution in [2.24, 2.45) is 0 Å². The van der Waals surface area contributed by atoms with Crippen LogP contribution in [0.25, 0.3) is 0 Å². The first-order chi connectivity index (χ1) is 8.37. The van der Waals surface area contributed by atoms with Crippen LogP contribution in [-0.4, -0.2) is 20.8 Å². The summed E-state index contributed by atoms with van der Waals surface area (Å²) < 4.78 is 27.0. The predicted octanol–water partition coefficient (Wildman–Crippen LogP) is 3.42. The molecule has 1 aromatic carbocycles. The molecule has 0 atom stereocenters. The lowest BCUT2D eigenvalue weighted by Gasteiger charge is -2.07. The van der Waals surface area contributed by atoms with Crippen LogP contribution in [0.4, 0.5) is 0 Å². The van der Waals surface area contributed by atoms with Crippen molar-refractivity contribution in [1.82, 2.24) is 0 Å². The van der Waals surface area contributed by atoms with E-state index in [9.17, 15) is 8.42 Å². The van der Waals surface area contributed by atoms with Gasteiger partial charge in [0, 0.05) is 10.7 Å². The Hall–Kier alpha value is -0.740. The first-order valence-corrected chi connectivity index (χ1v) is 8.48. The SMILES string of the molecule is Cc1cc(C)cc(OCCCCCS(=O)(=O)Cl)c1. The van der Waals surface area contributed by atoms with E-state index in [1.54, 1.807) is 0 Å². The van der Waals surface area contributed by atoms with E-state index in [0.29, 0.717) is 13.0 Å². The predicted molar refractivity (Wildman–Crippen MR) is 74.9 cm³/mol. The molecule has 0 aliphatic rings. The van der Waals surface area contributed by atoms with Crippen LogP contribution >= 0.6 is 10.7 Å². The van der Waals surface area contributed by atoms with E-state index in [1.165, 1.54) is 11.1 Å². The van der Waals surface area contributed by atoms with Crippen LogP contribution in [-0.2, 0) is 9.05 Å². The van der Waals surface area contributed by atoms with Crippen molar-refractivity contribution in [3.8, 4) is 5.75 Å². The van der Waals surface area contributed by atoms with E-state index in [1.807, 2.05) is 26.0 Å². The lowest BCUT2D eigenvalue weighted by Crippen LogP contribution is -2.01. The Morgan fingerprint density at radius 2 is 1.67 bits per heavy atom. The second-order valence-electron chi connectivity index (χ2n) is 4.48. The highest BCUT2D eigenvalue weighted by molar-refractivity contribution is 8.13. The van der Waals surface area contributed by atoms with Gasteiger partial charge >= 0.3 is 0 Å². The molecule has 0 bridgehead atoms. The van der Waals surface area contributed by atoms with Gasteiger partial charge in [-0.3, -0.25) is 0 Å². The number of hydrogen-bond acceptors (Lipinski definition) is 3. The van der Waals surface area contributed by atoms with E-state index in [4.69, 9.17) is 15.4 Å². The van der Waals surface area contributed by atoms with Crippen molar-refractivity contribution >= 4 is 19.7 Å². The van der Waals surface area contributed by atoms with Crippen LogP contribution in [0.3, 0.4) is 0 Å². The third kappa shape index (κ3) is 6.87. The van der Waals surface area contributed by atoms with Crippen molar-refractivity contribution in [1.29, 1.82) is 0 Å². The molecule has 0 unspecified atom stereocenters. The second-order valence-corrected chi connectivity index (χ2v) is 7.37. The fourth-order valence-electron chi connectivity index (χ4n) is 1.76. The summed E-state index contributed by atoms with van der Waals surface area (Å²) in [5.41, 5.74) is 2.36. The van der Waals surface area contributed by atoms with Crippen molar-refractivity contribution in [2.75, 3.05) is 12.4 Å². The number of benzene rings is 1. The molecule has 0 saturated heterocycles. The molecule has 0 aromatic heterocycles. The summed E-state index contributed by atoms with van der Waals surface area (Å²) in [6.07, 6.45) is 2.22. The zero-order valence-corrected chi connectivity index (χ0v) is 12.4. The second kappa shape index (κ2) is 7.00. The highest BCUT2D eigenvalue weighted by Crippen LogP contribution is 2.16. The normalized spacial score (nSPS) is 11.5. The molecule has 18 heavy (non-hydrogen) atoms. The number of aryl methyl sites for hydroxylation is 2. The molecule has 5 heteroatoms. The van der Waals surface area contributed by atoms with E-state index in [-0.39, 0.29) is 5.75 Å². The smallest absolute Gasteiger partial charge is 0.232 e. The maximum Gasteiger partial charge on any atom is 0.232 e. The van der Waals surface area contributed by atoms with Gasteiger partial charge in [-0.15, -0.1) is 0 Å². The molecule has 0 aliphatic carbocycles. The van der Waals surface area contributed by atoms with Crippen LogP contribution in [0, 0.1) is 13.8 Å². The molecule has 0 spiro atoms. The minimum Gasteiger partial charge on any atom is -0.494 e. The Morgan fingerprint density at radius 3 is 2.22 bits per heavy atom. The van der Waals surface area contributed by atoms with Crippen LogP contribution in [0.15, 0.2) is 18.2 Å². The number of halogens is 1. The van der Waals surface area contributed by atoms with Gasteiger partial charge in [-0.1, -0.05) is 6.07 Å². The van der Waals surface area contributed by atoms with Gasteiger partial charge in [0.15, 0.2) is 0 Å². The van der Waals surface area contributed by atoms with Crippen molar-refractivity contribution in [3.63, 3.8) is 0 Å². The van der Waals surface area contributed by atoms with Crippen molar-refractivity contribution < 1.29 is 13.2 Å². The lowest BCUT2D eigenvalue weighted by molar-refractivity contribution is 0.306. The van der Waals surface area contributed by atoms with Gasteiger partial charge in [-0.2, -0.15) is 0 Å². The Morgan fingerprint density at radius 1 is 1.06 bits per heavy atom. The molecule has 102 valence electrons. The van der Waals surface area contributed by atoms with Crippen molar-refractivity contribution in [3.05, 3.63) is 29.3 Å². The first kappa shape index (κ1) is 15.3. The minimum absolute atomic E-state index is 0.0398. The summed E-state index contributed by atoms with van der Waals surface area (Å²) >= 11 is 0. The Labute approximate surface area is 114 Å². The highest BCUT2D eigenvalue weighted by atomic mass is 35.7. The third-order valence-electron chi connectivity index (χ3n) is 2.50. The topological polar surface area (TPSA) is 43.4 Å². The number of rotatable bonds is 7. The molecular formula is C13H19ClO3S. The summed E-state index contributed by atoms with van der Waals surface area (Å²) in [6, 6.07) is 6.09. The molecular weight excluding hydrogens is 272 g/mol. The maximum absolute atomic E-state index is 10.7. The van der Waals surface area contributed by atoms with Gasteiger partial charge in [-0.05, 0) is 56.4 Å². The van der Waals surface area contributed by atoms with E-state index < -0.39 is 9.05 Å². The van der Waals surface area contributed by atoms with Crippen LogP contribution in [0.1, 0.15) is 30.4 Å². The average Bonchev–Trinajstić information content (AvgIpc) is 2.20. The minimum atomic E-state index is -3.34. The van der Waals surface area contributed by atoms with Crippen molar-refractivity contribution in [2.45, 2.75) is 33.1 Å². The molecule has 0 amide bonds. The zero-order chi connectivity index (χ0) is 13.6. The standard InChI is InChI=1S/C13H19ClO3S/c1-11-8-12(2)10-13(9-11)17-6-4-3-5-7-18(14,15)16/h8-10H,3-7H2,1-2H3. The van der Waals surface area contributed by atoms with Crippen LogP contribution in [0.5, 0.6) is 5.75 Å². The van der Waals surface area contributed by atoms with Crippen LogP contribution < -0.4 is 4.74 Å². The van der Waals surface area contributed by atoms with E-state index in [0.717, 1.165) is 18.6 Å². The summed E-state index contributed by atoms with van der Waals surface area (Å²) in [7, 11) is 1.77. The van der Waals surface area contributed by atoms with Gasteiger partial charge in [0.05, 0.1) is 12.4 Å². The number of ether oxygens (including phenoxy) is 1. The quantitative estimate of drug-likeness (QED) is 0.571. The molecule has 1 rings (SSSR count). The van der Waals surface area contributed by atoms with Crippen LogP contribution in [0.2, 0.25) is 0 Å². The Balaban J connectivity index is 2.22. The first-order valence-electron chi connectivity index (χ1n) is 6.00. The summed E-state index contributed by atoms with van der Waals surface area (Å²) in [6.45, 7) is 4.67. The van der Waals surface area contributed by atoms with Gasteiger partial charge < -0.3 is 4.74 Å². The fraction of sp³-hybridized carbons (Fsp3) is 0.538. The highest BCUT2D eigenvalue weighted by Gasteiger charge is 2.04. The van der Waals surface area contributed by atoms with Gasteiger partial charge in [0.25, 0.3) is 0 Å². The average molecular weight is 291 g/mol. The number of hydrogen-bond donors (Lipinski definition) is 0. The summed E-state index contributed by atoms with van der Waals surface area (Å²) in [5.74, 6) is 0.912. The maximum atomic E-state index is 10.7. The summed E-state index contributed by atoms with van der Waals surface area (Å²) in [4.78, 5) is 0. The summed E-state index contributed by atoms with van der Waals surface area (Å²) in [5, 5.41) is 0. The monoisotopic (exact) mass is 290 g/mol. The van der Waals surface area contributed by atoms with E-state index in [2.05, 4.69) is 6.07 Å². The Kier molecular flexibility index (Phi) is 5.96. The number of unbranched alkanes of at least 4 members (excludes halogenated alkanes) is 2. The zero-order valence-electron chi connectivity index (χ0n) is 10.8. The molecule has 0 aliphatic heterocycles. The molecule has 0 heterocycles.